The highest BCUT2D eigenvalue weighted by molar-refractivity contribution is 9.10. The van der Waals surface area contributed by atoms with Crippen LogP contribution >= 0.6 is 15.9 Å². The molecule has 1 aromatic rings. The predicted molar refractivity (Wildman–Crippen MR) is 63.0 cm³/mol. The predicted octanol–water partition coefficient (Wildman–Crippen LogP) is 2.22. The highest BCUT2D eigenvalue weighted by Crippen LogP contribution is 2.22. The van der Waals surface area contributed by atoms with E-state index in [1.165, 1.54) is 12.8 Å². The van der Waals surface area contributed by atoms with Gasteiger partial charge in [-0.3, -0.25) is 0 Å². The van der Waals surface area contributed by atoms with Gasteiger partial charge in [-0.1, -0.05) is 0 Å². The van der Waals surface area contributed by atoms with Crippen LogP contribution in [0.25, 0.3) is 0 Å². The quantitative estimate of drug-likeness (QED) is 0.915. The van der Waals surface area contributed by atoms with Crippen molar-refractivity contribution in [3.05, 3.63) is 22.8 Å². The smallest absolute Gasteiger partial charge is 0.227 e. The minimum atomic E-state index is 0.618. The molecule has 0 saturated carbocycles. The second-order valence-corrected chi connectivity index (χ2v) is 4.67. The van der Waals surface area contributed by atoms with Crippen LogP contribution in [-0.4, -0.2) is 24.7 Å². The Morgan fingerprint density at radius 2 is 2.53 bits per heavy atom. The van der Waals surface area contributed by atoms with Gasteiger partial charge < -0.3 is 10.1 Å². The van der Waals surface area contributed by atoms with E-state index in [0.717, 1.165) is 24.2 Å². The lowest BCUT2D eigenvalue weighted by atomic mass is 10.0. The van der Waals surface area contributed by atoms with Crippen molar-refractivity contribution >= 4 is 15.9 Å². The highest BCUT2D eigenvalue weighted by Gasteiger charge is 2.14. The molecule has 82 valence electrons. The Labute approximate surface area is 98.4 Å². The second-order valence-electron chi connectivity index (χ2n) is 3.81. The number of halogens is 1. The fraction of sp³-hybridized carbons (Fsp3) is 0.545. The minimum Gasteiger partial charge on any atom is -0.477 e. The van der Waals surface area contributed by atoms with E-state index in [0.29, 0.717) is 11.8 Å². The van der Waals surface area contributed by atoms with Crippen molar-refractivity contribution < 1.29 is 4.74 Å². The summed E-state index contributed by atoms with van der Waals surface area (Å²) in [6, 6.07) is 3.83. The van der Waals surface area contributed by atoms with Crippen LogP contribution in [0.3, 0.4) is 0 Å². The molecule has 1 saturated heterocycles. The van der Waals surface area contributed by atoms with Crippen LogP contribution in [0.4, 0.5) is 0 Å². The molecule has 1 fully saturated rings. The van der Waals surface area contributed by atoms with Gasteiger partial charge in [-0.05, 0) is 47.4 Å². The van der Waals surface area contributed by atoms with E-state index in [1.54, 1.807) is 6.20 Å². The van der Waals surface area contributed by atoms with Crippen molar-refractivity contribution in [3.63, 3.8) is 0 Å². The summed E-state index contributed by atoms with van der Waals surface area (Å²) in [4.78, 5) is 4.17. The Morgan fingerprint density at radius 1 is 1.60 bits per heavy atom. The average molecular weight is 271 g/mol. The van der Waals surface area contributed by atoms with Crippen molar-refractivity contribution in [2.45, 2.75) is 12.8 Å². The van der Waals surface area contributed by atoms with Gasteiger partial charge in [0.25, 0.3) is 0 Å². The zero-order valence-electron chi connectivity index (χ0n) is 8.58. The summed E-state index contributed by atoms with van der Waals surface area (Å²) >= 11 is 3.42. The largest absolute Gasteiger partial charge is 0.477 e. The van der Waals surface area contributed by atoms with Gasteiger partial charge in [-0.25, -0.2) is 4.98 Å². The monoisotopic (exact) mass is 270 g/mol. The molecule has 0 spiro atoms. The van der Waals surface area contributed by atoms with Gasteiger partial charge in [0.05, 0.1) is 11.1 Å². The second kappa shape index (κ2) is 5.47. The zero-order valence-corrected chi connectivity index (χ0v) is 10.2. The molecule has 0 radical (unpaired) electrons. The van der Waals surface area contributed by atoms with Gasteiger partial charge in [0, 0.05) is 18.7 Å². The number of aromatic nitrogens is 1. The van der Waals surface area contributed by atoms with E-state index in [4.69, 9.17) is 4.74 Å². The first kappa shape index (κ1) is 10.9. The lowest BCUT2D eigenvalue weighted by Crippen LogP contribution is -2.33. The van der Waals surface area contributed by atoms with E-state index in [-0.39, 0.29) is 0 Å². The summed E-state index contributed by atoms with van der Waals surface area (Å²) in [5.74, 6) is 1.32. The number of hydrogen-bond donors (Lipinski definition) is 1. The number of nitrogens with zero attached hydrogens (tertiary/aromatic N) is 1. The van der Waals surface area contributed by atoms with Crippen LogP contribution in [0, 0.1) is 5.92 Å². The standard InChI is InChI=1S/C11H15BrN2O/c12-10-4-2-6-14-11(10)15-8-9-3-1-5-13-7-9/h2,4,6,9,13H,1,3,5,7-8H2. The summed E-state index contributed by atoms with van der Waals surface area (Å²) in [5.41, 5.74) is 0. The van der Waals surface area contributed by atoms with E-state index < -0.39 is 0 Å². The molecule has 1 aliphatic rings. The molecular formula is C11H15BrN2O. The molecule has 2 rings (SSSR count). The fourth-order valence-corrected chi connectivity index (χ4v) is 2.11. The summed E-state index contributed by atoms with van der Waals surface area (Å²) in [7, 11) is 0. The molecule has 0 aromatic carbocycles. The van der Waals surface area contributed by atoms with Crippen molar-refractivity contribution in [1.29, 1.82) is 0 Å². The van der Waals surface area contributed by atoms with Crippen LogP contribution in [0.1, 0.15) is 12.8 Å². The molecule has 4 heteroatoms. The molecule has 15 heavy (non-hydrogen) atoms. The first-order valence-electron chi connectivity index (χ1n) is 5.30. The maximum absolute atomic E-state index is 5.68. The van der Waals surface area contributed by atoms with Crippen molar-refractivity contribution in [1.82, 2.24) is 10.3 Å². The molecule has 1 atom stereocenters. The number of hydrogen-bond acceptors (Lipinski definition) is 3. The summed E-state index contributed by atoms with van der Waals surface area (Å²) in [6.45, 7) is 2.96. The van der Waals surface area contributed by atoms with E-state index in [9.17, 15) is 0 Å². The number of piperidine rings is 1. The Balaban J connectivity index is 1.84. The number of pyridine rings is 1. The molecule has 0 amide bonds. The van der Waals surface area contributed by atoms with Crippen LogP contribution < -0.4 is 10.1 Å². The van der Waals surface area contributed by atoms with Gasteiger partial charge in [0.15, 0.2) is 0 Å². The molecular weight excluding hydrogens is 256 g/mol. The Hall–Kier alpha value is -0.610. The van der Waals surface area contributed by atoms with Crippen molar-refractivity contribution in [3.8, 4) is 5.88 Å². The van der Waals surface area contributed by atoms with E-state index in [1.807, 2.05) is 12.1 Å². The molecule has 1 unspecified atom stereocenters. The summed E-state index contributed by atoms with van der Waals surface area (Å²) in [6.07, 6.45) is 4.24. The van der Waals surface area contributed by atoms with Crippen LogP contribution in [-0.2, 0) is 0 Å². The van der Waals surface area contributed by atoms with Crippen LogP contribution in [0.2, 0.25) is 0 Å². The number of nitrogens with one attached hydrogen (secondary N) is 1. The summed E-state index contributed by atoms with van der Waals surface area (Å²) < 4.78 is 6.60. The van der Waals surface area contributed by atoms with Gasteiger partial charge in [-0.15, -0.1) is 0 Å². The maximum atomic E-state index is 5.68. The average Bonchev–Trinajstić information content (AvgIpc) is 2.29. The number of ether oxygens (including phenoxy) is 1. The molecule has 0 aliphatic carbocycles. The van der Waals surface area contributed by atoms with E-state index >= 15 is 0 Å². The highest BCUT2D eigenvalue weighted by atomic mass is 79.9. The SMILES string of the molecule is Brc1cccnc1OCC1CCCNC1. The molecule has 0 bridgehead atoms. The lowest BCUT2D eigenvalue weighted by molar-refractivity contribution is 0.211. The fourth-order valence-electron chi connectivity index (χ4n) is 1.74. The molecule has 2 heterocycles. The van der Waals surface area contributed by atoms with Crippen molar-refractivity contribution in [2.75, 3.05) is 19.7 Å². The molecule has 1 N–H and O–H groups in total. The first-order chi connectivity index (χ1) is 7.36. The maximum Gasteiger partial charge on any atom is 0.227 e. The zero-order chi connectivity index (χ0) is 10.5. The first-order valence-corrected chi connectivity index (χ1v) is 6.09. The van der Waals surface area contributed by atoms with Gasteiger partial charge in [-0.2, -0.15) is 0 Å². The molecule has 1 aliphatic heterocycles. The molecule has 3 nitrogen and oxygen atoms in total. The van der Waals surface area contributed by atoms with Crippen molar-refractivity contribution in [2.24, 2.45) is 5.92 Å². The third-order valence-electron chi connectivity index (χ3n) is 2.58. The Bertz CT molecular complexity index is 313. The Kier molecular flexibility index (Phi) is 3.97. The summed E-state index contributed by atoms with van der Waals surface area (Å²) in [5, 5.41) is 3.37. The van der Waals surface area contributed by atoms with Crippen LogP contribution in [0.5, 0.6) is 5.88 Å². The van der Waals surface area contributed by atoms with Gasteiger partial charge >= 0.3 is 0 Å². The lowest BCUT2D eigenvalue weighted by Gasteiger charge is -2.22. The minimum absolute atomic E-state index is 0.618. The third kappa shape index (κ3) is 3.18. The normalized spacial score (nSPS) is 21.3. The Morgan fingerprint density at radius 3 is 3.27 bits per heavy atom. The third-order valence-corrected chi connectivity index (χ3v) is 3.18. The van der Waals surface area contributed by atoms with Crippen LogP contribution in [0.15, 0.2) is 22.8 Å². The van der Waals surface area contributed by atoms with Gasteiger partial charge in [0.1, 0.15) is 0 Å². The number of rotatable bonds is 3. The van der Waals surface area contributed by atoms with Gasteiger partial charge in [0.2, 0.25) is 5.88 Å². The topological polar surface area (TPSA) is 34.1 Å². The van der Waals surface area contributed by atoms with E-state index in [2.05, 4.69) is 26.2 Å². The molecule has 1 aromatic heterocycles.